The summed E-state index contributed by atoms with van der Waals surface area (Å²) in [5.74, 6) is -1.91. The van der Waals surface area contributed by atoms with Gasteiger partial charge in [0.1, 0.15) is 12.4 Å². The molecule has 0 unspecified atom stereocenters. The lowest BCUT2D eigenvalue weighted by Crippen LogP contribution is -2.41. The minimum atomic E-state index is -1.02. The van der Waals surface area contributed by atoms with Crippen molar-refractivity contribution in [3.8, 4) is 5.75 Å². The number of amides is 1. The van der Waals surface area contributed by atoms with E-state index in [2.05, 4.69) is 5.32 Å². The molecule has 0 aliphatic carbocycles. The van der Waals surface area contributed by atoms with Gasteiger partial charge in [-0.3, -0.25) is 0 Å². The molecule has 0 saturated carbocycles. The SMILES string of the molecule is COc1cc(F)c(F)cc1C=C(CNC(=O)OCc1ccccc1)B1OC(C)(C)C(C)(C)O1. The Labute approximate surface area is 193 Å². The highest BCUT2D eigenvalue weighted by molar-refractivity contribution is 6.56. The van der Waals surface area contributed by atoms with Gasteiger partial charge in [0.25, 0.3) is 0 Å². The molecular weight excluding hydrogens is 431 g/mol. The number of alkyl carbamates (subject to hydrolysis) is 1. The van der Waals surface area contributed by atoms with Crippen LogP contribution in [0.25, 0.3) is 6.08 Å². The number of hydrogen-bond donors (Lipinski definition) is 1. The number of carbonyl (C=O) groups is 1. The maximum atomic E-state index is 13.9. The van der Waals surface area contributed by atoms with Crippen LogP contribution in [0.4, 0.5) is 13.6 Å². The normalized spacial score (nSPS) is 17.1. The lowest BCUT2D eigenvalue weighted by atomic mass is 9.77. The molecule has 2 aromatic carbocycles. The van der Waals surface area contributed by atoms with E-state index in [0.29, 0.717) is 5.47 Å². The van der Waals surface area contributed by atoms with Gasteiger partial charge in [0.05, 0.1) is 18.3 Å². The van der Waals surface area contributed by atoms with Crippen molar-refractivity contribution in [1.29, 1.82) is 0 Å². The van der Waals surface area contributed by atoms with E-state index in [4.69, 9.17) is 18.8 Å². The molecule has 9 heteroatoms. The van der Waals surface area contributed by atoms with E-state index < -0.39 is 36.0 Å². The molecule has 1 amide bonds. The number of benzene rings is 2. The summed E-state index contributed by atoms with van der Waals surface area (Å²) in [7, 11) is 0.528. The van der Waals surface area contributed by atoms with Crippen LogP contribution in [0, 0.1) is 11.6 Å². The van der Waals surface area contributed by atoms with Crippen molar-refractivity contribution in [2.24, 2.45) is 0 Å². The number of hydrogen-bond acceptors (Lipinski definition) is 5. The van der Waals surface area contributed by atoms with Crippen LogP contribution in [0.15, 0.2) is 47.9 Å². The highest BCUT2D eigenvalue weighted by Gasteiger charge is 2.52. The molecule has 0 spiro atoms. The molecule has 6 nitrogen and oxygen atoms in total. The van der Waals surface area contributed by atoms with Gasteiger partial charge in [-0.1, -0.05) is 36.4 Å². The number of methoxy groups -OCH3 is 1. The van der Waals surface area contributed by atoms with E-state index in [0.717, 1.165) is 17.7 Å². The van der Waals surface area contributed by atoms with Crippen LogP contribution in [0.2, 0.25) is 0 Å². The minimum absolute atomic E-state index is 0.00734. The molecule has 0 atom stereocenters. The van der Waals surface area contributed by atoms with Crippen molar-refractivity contribution in [2.75, 3.05) is 13.7 Å². The van der Waals surface area contributed by atoms with E-state index >= 15 is 0 Å². The van der Waals surface area contributed by atoms with Crippen LogP contribution in [-0.4, -0.2) is 38.1 Å². The summed E-state index contributed by atoms with van der Waals surface area (Å²) in [5, 5.41) is 2.67. The van der Waals surface area contributed by atoms with Crippen LogP contribution in [-0.2, 0) is 20.7 Å². The average molecular weight is 459 g/mol. The standard InChI is InChI=1S/C24H28BF2NO5/c1-23(2)24(3,4)33-25(32-23)18(11-17-12-19(26)20(27)13-21(17)30-5)14-28-22(29)31-15-16-9-7-6-8-10-16/h6-13H,14-15H2,1-5H3,(H,28,29). The molecule has 0 radical (unpaired) electrons. The topological polar surface area (TPSA) is 66.0 Å². The first-order chi connectivity index (χ1) is 15.5. The lowest BCUT2D eigenvalue weighted by molar-refractivity contribution is 0.00578. The molecule has 1 N–H and O–H groups in total. The Balaban J connectivity index is 1.82. The summed E-state index contributed by atoms with van der Waals surface area (Å²) in [4.78, 5) is 12.3. The fourth-order valence-corrected chi connectivity index (χ4v) is 3.18. The molecule has 33 heavy (non-hydrogen) atoms. The molecule has 0 bridgehead atoms. The quantitative estimate of drug-likeness (QED) is 0.596. The van der Waals surface area contributed by atoms with Crippen molar-refractivity contribution < 1.29 is 32.4 Å². The summed E-state index contributed by atoms with van der Waals surface area (Å²) < 4.78 is 50.2. The predicted molar refractivity (Wildman–Crippen MR) is 122 cm³/mol. The number of rotatable bonds is 7. The first-order valence-corrected chi connectivity index (χ1v) is 10.6. The number of ether oxygens (including phenoxy) is 2. The van der Waals surface area contributed by atoms with Gasteiger partial charge in [0.15, 0.2) is 11.6 Å². The van der Waals surface area contributed by atoms with Crippen LogP contribution >= 0.6 is 0 Å². The van der Waals surface area contributed by atoms with E-state index in [1.165, 1.54) is 7.11 Å². The second-order valence-electron chi connectivity index (χ2n) is 8.73. The number of nitrogens with one attached hydrogen (secondary N) is 1. The zero-order valence-electron chi connectivity index (χ0n) is 19.4. The fraction of sp³-hybridized carbons (Fsp3) is 0.375. The van der Waals surface area contributed by atoms with Crippen molar-refractivity contribution >= 4 is 19.3 Å². The average Bonchev–Trinajstić information content (AvgIpc) is 2.99. The highest BCUT2D eigenvalue weighted by atomic mass is 19.2. The van der Waals surface area contributed by atoms with Crippen LogP contribution in [0.1, 0.15) is 38.8 Å². The summed E-state index contributed by atoms with van der Waals surface area (Å²) in [6, 6.07) is 11.3. The molecule has 1 aliphatic rings. The Bertz CT molecular complexity index is 1010. The predicted octanol–water partition coefficient (Wildman–Crippen LogP) is 4.91. The molecule has 3 rings (SSSR count). The van der Waals surface area contributed by atoms with Gasteiger partial charge < -0.3 is 24.1 Å². The van der Waals surface area contributed by atoms with Gasteiger partial charge in [0, 0.05) is 18.2 Å². The molecule has 1 fully saturated rings. The second-order valence-corrected chi connectivity index (χ2v) is 8.73. The Kier molecular flexibility index (Phi) is 7.44. The molecule has 1 saturated heterocycles. The van der Waals surface area contributed by atoms with Gasteiger partial charge in [-0.25, -0.2) is 13.6 Å². The zero-order valence-corrected chi connectivity index (χ0v) is 19.4. The summed E-state index contributed by atoms with van der Waals surface area (Å²) in [6.07, 6.45) is 0.916. The van der Waals surface area contributed by atoms with Crippen LogP contribution in [0.3, 0.4) is 0 Å². The van der Waals surface area contributed by atoms with Crippen molar-refractivity contribution in [2.45, 2.75) is 45.5 Å². The first-order valence-electron chi connectivity index (χ1n) is 10.6. The second kappa shape index (κ2) is 9.93. The van der Waals surface area contributed by atoms with Gasteiger partial charge in [-0.05, 0) is 44.8 Å². The van der Waals surface area contributed by atoms with Gasteiger partial charge in [-0.15, -0.1) is 0 Å². The van der Waals surface area contributed by atoms with Crippen molar-refractivity contribution in [3.63, 3.8) is 0 Å². The zero-order chi connectivity index (χ0) is 24.2. The Morgan fingerprint density at radius 2 is 1.67 bits per heavy atom. The molecule has 1 heterocycles. The smallest absolute Gasteiger partial charge is 0.492 e. The van der Waals surface area contributed by atoms with Gasteiger partial charge >= 0.3 is 13.2 Å². The largest absolute Gasteiger partial charge is 0.496 e. The fourth-order valence-electron chi connectivity index (χ4n) is 3.18. The van der Waals surface area contributed by atoms with Crippen LogP contribution in [0.5, 0.6) is 5.75 Å². The molecule has 2 aromatic rings. The Morgan fingerprint density at radius 1 is 1.06 bits per heavy atom. The van der Waals surface area contributed by atoms with E-state index in [1.807, 2.05) is 58.0 Å². The highest BCUT2D eigenvalue weighted by Crippen LogP contribution is 2.39. The van der Waals surface area contributed by atoms with Crippen molar-refractivity contribution in [1.82, 2.24) is 5.32 Å². The van der Waals surface area contributed by atoms with E-state index in [1.54, 1.807) is 6.08 Å². The maximum absolute atomic E-state index is 13.9. The first kappa shape index (κ1) is 24.7. The molecular formula is C24H28BF2NO5. The van der Waals surface area contributed by atoms with E-state index in [-0.39, 0.29) is 24.5 Å². The van der Waals surface area contributed by atoms with Crippen LogP contribution < -0.4 is 10.1 Å². The molecule has 176 valence electrons. The molecule has 1 aliphatic heterocycles. The minimum Gasteiger partial charge on any atom is -0.496 e. The van der Waals surface area contributed by atoms with Gasteiger partial charge in [-0.2, -0.15) is 0 Å². The summed E-state index contributed by atoms with van der Waals surface area (Å²) >= 11 is 0. The third-order valence-electron chi connectivity index (χ3n) is 5.82. The Hall–Kier alpha value is -2.91. The third kappa shape index (κ3) is 5.91. The number of carbonyl (C=O) groups excluding carboxylic acids is 1. The number of halogens is 2. The van der Waals surface area contributed by atoms with E-state index in [9.17, 15) is 13.6 Å². The third-order valence-corrected chi connectivity index (χ3v) is 5.82. The lowest BCUT2D eigenvalue weighted by Gasteiger charge is -2.32. The summed E-state index contributed by atoms with van der Waals surface area (Å²) in [5.41, 5.74) is 0.335. The van der Waals surface area contributed by atoms with Crippen molar-refractivity contribution in [3.05, 3.63) is 70.7 Å². The molecule has 0 aromatic heterocycles. The maximum Gasteiger partial charge on any atom is 0.492 e. The Morgan fingerprint density at radius 3 is 2.27 bits per heavy atom. The van der Waals surface area contributed by atoms with Gasteiger partial charge in [0.2, 0.25) is 0 Å². The summed E-state index contributed by atoms with van der Waals surface area (Å²) in [6.45, 7) is 7.68. The monoisotopic (exact) mass is 459 g/mol.